The van der Waals surface area contributed by atoms with E-state index >= 15 is 0 Å². The lowest BCUT2D eigenvalue weighted by atomic mass is 10.3. The molecular weight excluding hydrogens is 242 g/mol. The second kappa shape index (κ2) is 6.12. The standard InChI is InChI=1S/C7H6N2.C7H9NS/c1-2-6-3-5-9-7(6)8-4-1;1-9-7-4-2-6(8)3-5-7/h1-5H,(H,8,9);2-5H,8H2,1H3. The van der Waals surface area contributed by atoms with Gasteiger partial charge in [-0.15, -0.1) is 11.8 Å². The Balaban J connectivity index is 0.000000134. The fourth-order valence-corrected chi connectivity index (χ4v) is 1.90. The predicted octanol–water partition coefficient (Wildman–Crippen LogP) is 3.55. The Bertz CT molecular complexity index is 572. The minimum absolute atomic E-state index is 0.827. The van der Waals surface area contributed by atoms with Crippen LogP contribution in [0.3, 0.4) is 0 Å². The second-order valence-corrected chi connectivity index (χ2v) is 4.57. The molecule has 0 aliphatic carbocycles. The molecule has 92 valence electrons. The molecule has 1 aromatic carbocycles. The number of nitrogens with one attached hydrogen (secondary N) is 1. The van der Waals surface area contributed by atoms with Crippen LogP contribution >= 0.6 is 11.8 Å². The highest BCUT2D eigenvalue weighted by Crippen LogP contribution is 2.15. The molecule has 0 fully saturated rings. The van der Waals surface area contributed by atoms with Gasteiger partial charge in [0.25, 0.3) is 0 Å². The van der Waals surface area contributed by atoms with Crippen LogP contribution in [0.5, 0.6) is 0 Å². The molecule has 0 atom stereocenters. The highest BCUT2D eigenvalue weighted by atomic mass is 32.2. The van der Waals surface area contributed by atoms with Crippen molar-refractivity contribution in [2.24, 2.45) is 0 Å². The largest absolute Gasteiger partial charge is 0.399 e. The molecule has 3 aromatic rings. The quantitative estimate of drug-likeness (QED) is 0.518. The van der Waals surface area contributed by atoms with Crippen LogP contribution in [0.4, 0.5) is 5.69 Å². The van der Waals surface area contributed by atoms with Crippen LogP contribution < -0.4 is 5.73 Å². The summed E-state index contributed by atoms with van der Waals surface area (Å²) in [5.41, 5.74) is 7.25. The normalized spacial score (nSPS) is 9.83. The molecule has 0 amide bonds. The molecule has 2 heterocycles. The number of anilines is 1. The summed E-state index contributed by atoms with van der Waals surface area (Å²) in [7, 11) is 0. The zero-order valence-electron chi connectivity index (χ0n) is 10.1. The summed E-state index contributed by atoms with van der Waals surface area (Å²) in [6.45, 7) is 0. The van der Waals surface area contributed by atoms with E-state index in [9.17, 15) is 0 Å². The maximum absolute atomic E-state index is 5.47. The SMILES string of the molecule is CSc1ccc(N)cc1.c1cnc2[nH]ccc2c1. The highest BCUT2D eigenvalue weighted by Gasteiger charge is 1.88. The van der Waals surface area contributed by atoms with E-state index < -0.39 is 0 Å². The van der Waals surface area contributed by atoms with Crippen LogP contribution in [-0.4, -0.2) is 16.2 Å². The van der Waals surface area contributed by atoms with Crippen molar-refractivity contribution in [3.63, 3.8) is 0 Å². The summed E-state index contributed by atoms with van der Waals surface area (Å²) < 4.78 is 0. The number of nitrogens with zero attached hydrogens (tertiary/aromatic N) is 1. The maximum Gasteiger partial charge on any atom is 0.137 e. The van der Waals surface area contributed by atoms with E-state index in [1.165, 1.54) is 4.90 Å². The molecule has 0 radical (unpaired) electrons. The Morgan fingerprint density at radius 2 is 1.89 bits per heavy atom. The third kappa shape index (κ3) is 3.28. The van der Waals surface area contributed by atoms with Gasteiger partial charge in [0, 0.05) is 28.4 Å². The number of rotatable bonds is 1. The minimum atomic E-state index is 0.827. The first-order valence-electron chi connectivity index (χ1n) is 5.57. The van der Waals surface area contributed by atoms with Crippen LogP contribution in [0.25, 0.3) is 11.0 Å². The Labute approximate surface area is 110 Å². The van der Waals surface area contributed by atoms with Crippen LogP contribution in [0.1, 0.15) is 0 Å². The zero-order chi connectivity index (χ0) is 12.8. The summed E-state index contributed by atoms with van der Waals surface area (Å²) in [5.74, 6) is 0. The summed E-state index contributed by atoms with van der Waals surface area (Å²) in [6, 6.07) is 13.8. The number of aromatic nitrogens is 2. The van der Waals surface area contributed by atoms with Crippen molar-refractivity contribution in [1.29, 1.82) is 0 Å². The Hall–Kier alpha value is -1.94. The molecule has 3 nitrogen and oxygen atoms in total. The first-order valence-corrected chi connectivity index (χ1v) is 6.79. The summed E-state index contributed by atoms with van der Waals surface area (Å²) >= 11 is 1.72. The monoisotopic (exact) mass is 257 g/mol. The summed E-state index contributed by atoms with van der Waals surface area (Å²) in [6.07, 6.45) is 5.71. The molecule has 3 N–H and O–H groups in total. The van der Waals surface area contributed by atoms with E-state index in [2.05, 4.69) is 9.97 Å². The van der Waals surface area contributed by atoms with E-state index in [0.29, 0.717) is 0 Å². The average molecular weight is 257 g/mol. The lowest BCUT2D eigenvalue weighted by Gasteiger charge is -1.94. The van der Waals surface area contributed by atoms with Crippen molar-refractivity contribution in [1.82, 2.24) is 9.97 Å². The van der Waals surface area contributed by atoms with Gasteiger partial charge in [-0.1, -0.05) is 0 Å². The van der Waals surface area contributed by atoms with E-state index in [0.717, 1.165) is 16.7 Å². The van der Waals surface area contributed by atoms with E-state index in [4.69, 9.17) is 5.73 Å². The van der Waals surface area contributed by atoms with Gasteiger partial charge in [-0.3, -0.25) is 0 Å². The number of thioether (sulfide) groups is 1. The van der Waals surface area contributed by atoms with Crippen molar-refractivity contribution < 1.29 is 0 Å². The molecule has 18 heavy (non-hydrogen) atoms. The van der Waals surface area contributed by atoms with Gasteiger partial charge in [0.15, 0.2) is 0 Å². The van der Waals surface area contributed by atoms with Gasteiger partial charge in [0.2, 0.25) is 0 Å². The van der Waals surface area contributed by atoms with Crippen molar-refractivity contribution >= 4 is 28.5 Å². The number of hydrogen-bond acceptors (Lipinski definition) is 3. The van der Waals surface area contributed by atoms with Gasteiger partial charge < -0.3 is 10.7 Å². The zero-order valence-corrected chi connectivity index (χ0v) is 10.9. The Morgan fingerprint density at radius 3 is 2.56 bits per heavy atom. The van der Waals surface area contributed by atoms with E-state index in [1.807, 2.05) is 54.9 Å². The predicted molar refractivity (Wildman–Crippen MR) is 78.7 cm³/mol. The van der Waals surface area contributed by atoms with Gasteiger partial charge in [0.1, 0.15) is 5.65 Å². The first-order chi connectivity index (χ1) is 8.79. The first kappa shape index (κ1) is 12.5. The number of hydrogen-bond donors (Lipinski definition) is 2. The minimum Gasteiger partial charge on any atom is -0.399 e. The lowest BCUT2D eigenvalue weighted by Crippen LogP contribution is -1.81. The lowest BCUT2D eigenvalue weighted by molar-refractivity contribution is 1.33. The molecule has 0 unspecified atom stereocenters. The molecule has 3 rings (SSSR count). The third-order valence-electron chi connectivity index (χ3n) is 2.44. The molecular formula is C14H15N3S. The van der Waals surface area contributed by atoms with Crippen LogP contribution in [-0.2, 0) is 0 Å². The molecule has 0 aliphatic heterocycles. The fraction of sp³-hybridized carbons (Fsp3) is 0.0714. The topological polar surface area (TPSA) is 54.7 Å². The molecule has 0 aliphatic rings. The molecule has 0 spiro atoms. The van der Waals surface area contributed by atoms with Crippen LogP contribution in [0, 0.1) is 0 Å². The molecule has 2 aromatic heterocycles. The molecule has 4 heteroatoms. The van der Waals surface area contributed by atoms with Gasteiger partial charge in [0.05, 0.1) is 0 Å². The number of pyridine rings is 1. The average Bonchev–Trinajstić information content (AvgIpc) is 2.89. The summed E-state index contributed by atoms with van der Waals surface area (Å²) in [5, 5.41) is 1.16. The van der Waals surface area contributed by atoms with Crippen LogP contribution in [0.15, 0.2) is 59.8 Å². The van der Waals surface area contributed by atoms with E-state index in [-0.39, 0.29) is 0 Å². The van der Waals surface area contributed by atoms with E-state index in [1.54, 1.807) is 18.0 Å². The van der Waals surface area contributed by atoms with Crippen molar-refractivity contribution in [2.75, 3.05) is 12.0 Å². The van der Waals surface area contributed by atoms with Gasteiger partial charge in [-0.05, 0) is 48.7 Å². The van der Waals surface area contributed by atoms with Crippen molar-refractivity contribution in [3.05, 3.63) is 54.9 Å². The number of nitrogens with two attached hydrogens (primary N) is 1. The highest BCUT2D eigenvalue weighted by molar-refractivity contribution is 7.98. The Kier molecular flexibility index (Phi) is 4.25. The van der Waals surface area contributed by atoms with Crippen molar-refractivity contribution in [3.8, 4) is 0 Å². The van der Waals surface area contributed by atoms with Gasteiger partial charge in [-0.2, -0.15) is 0 Å². The molecule has 0 saturated heterocycles. The fourth-order valence-electron chi connectivity index (χ4n) is 1.49. The van der Waals surface area contributed by atoms with Crippen LogP contribution in [0.2, 0.25) is 0 Å². The third-order valence-corrected chi connectivity index (χ3v) is 3.18. The number of nitrogen functional groups attached to an aromatic ring is 1. The number of aromatic amines is 1. The number of H-pyrrole nitrogens is 1. The molecule has 0 saturated carbocycles. The molecule has 0 bridgehead atoms. The second-order valence-electron chi connectivity index (χ2n) is 3.69. The maximum atomic E-state index is 5.47. The summed E-state index contributed by atoms with van der Waals surface area (Å²) in [4.78, 5) is 8.35. The van der Waals surface area contributed by atoms with Gasteiger partial charge >= 0.3 is 0 Å². The smallest absolute Gasteiger partial charge is 0.137 e. The number of fused-ring (bicyclic) bond motifs is 1. The Morgan fingerprint density at radius 1 is 1.11 bits per heavy atom. The van der Waals surface area contributed by atoms with Crippen molar-refractivity contribution in [2.45, 2.75) is 4.90 Å². The van der Waals surface area contributed by atoms with Gasteiger partial charge in [-0.25, -0.2) is 4.98 Å². The number of benzene rings is 1.